The van der Waals surface area contributed by atoms with Crippen LogP contribution in [0, 0.1) is 0 Å². The van der Waals surface area contributed by atoms with Gasteiger partial charge in [-0.25, -0.2) is 4.98 Å². The number of pyridine rings is 1. The Balaban J connectivity index is 1.50. The minimum absolute atomic E-state index is 0.00791. The second-order valence-corrected chi connectivity index (χ2v) is 6.98. The molecule has 0 aliphatic heterocycles. The maximum absolute atomic E-state index is 12.2. The van der Waals surface area contributed by atoms with Gasteiger partial charge in [0.2, 0.25) is 5.91 Å². The number of nitrogens with one attached hydrogen (secondary N) is 1. The summed E-state index contributed by atoms with van der Waals surface area (Å²) in [5.74, 6) is -0.944. The summed E-state index contributed by atoms with van der Waals surface area (Å²) < 4.78 is 5.08. The maximum Gasteiger partial charge on any atom is 0.312 e. The monoisotopic (exact) mass is 409 g/mol. The fourth-order valence-electron chi connectivity index (χ4n) is 2.43. The van der Waals surface area contributed by atoms with Gasteiger partial charge in [-0.2, -0.15) is 0 Å². The molecule has 1 aromatic carbocycles. The second kappa shape index (κ2) is 9.70. The number of anilines is 1. The number of nitrogens with zero attached hydrogens (tertiary/aromatic N) is 2. The molecule has 3 aromatic rings. The highest BCUT2D eigenvalue weighted by Gasteiger charge is 2.13. The van der Waals surface area contributed by atoms with Crippen LogP contribution >= 0.6 is 11.3 Å². The Labute approximate surface area is 171 Å². The lowest BCUT2D eigenvalue weighted by Crippen LogP contribution is -2.16. The van der Waals surface area contributed by atoms with Crippen molar-refractivity contribution in [1.82, 2.24) is 9.97 Å². The van der Waals surface area contributed by atoms with Crippen molar-refractivity contribution in [3.8, 4) is 10.6 Å². The molecule has 0 spiro atoms. The zero-order valence-corrected chi connectivity index (χ0v) is 16.6. The summed E-state index contributed by atoms with van der Waals surface area (Å²) in [7, 11) is 0. The third-order valence-electron chi connectivity index (χ3n) is 3.96. The smallest absolute Gasteiger partial charge is 0.312 e. The van der Waals surface area contributed by atoms with Gasteiger partial charge >= 0.3 is 5.97 Å². The van der Waals surface area contributed by atoms with Crippen LogP contribution in [-0.4, -0.2) is 34.2 Å². The molecule has 1 N–H and O–H groups in total. The Kier molecular flexibility index (Phi) is 6.80. The average Bonchev–Trinajstić information content (AvgIpc) is 3.21. The lowest BCUT2D eigenvalue weighted by atomic mass is 10.1. The molecule has 2 aromatic heterocycles. The summed E-state index contributed by atoms with van der Waals surface area (Å²) in [6.45, 7) is 1.41. The Morgan fingerprint density at radius 2 is 1.93 bits per heavy atom. The molecule has 29 heavy (non-hydrogen) atoms. The molecule has 0 bridgehead atoms. The molecule has 8 heteroatoms. The van der Waals surface area contributed by atoms with E-state index in [4.69, 9.17) is 4.74 Å². The average molecular weight is 409 g/mol. The Bertz CT molecular complexity index is 1000. The molecule has 7 nitrogen and oxygen atoms in total. The zero-order valence-electron chi connectivity index (χ0n) is 15.8. The van der Waals surface area contributed by atoms with Gasteiger partial charge in [-0.15, -0.1) is 11.3 Å². The molecule has 0 atom stereocenters. The van der Waals surface area contributed by atoms with Gasteiger partial charge in [0.15, 0.2) is 12.4 Å². The van der Waals surface area contributed by atoms with Gasteiger partial charge in [-0.1, -0.05) is 6.92 Å². The molecule has 1 amide bonds. The van der Waals surface area contributed by atoms with Crippen LogP contribution in [-0.2, 0) is 20.7 Å². The first-order valence-electron chi connectivity index (χ1n) is 8.98. The summed E-state index contributed by atoms with van der Waals surface area (Å²) in [4.78, 5) is 44.0. The van der Waals surface area contributed by atoms with E-state index in [2.05, 4.69) is 15.3 Å². The third-order valence-corrected chi connectivity index (χ3v) is 4.90. The van der Waals surface area contributed by atoms with E-state index in [9.17, 15) is 14.4 Å². The number of thiazole rings is 1. The zero-order chi connectivity index (χ0) is 20.6. The molecule has 0 fully saturated rings. The molecule has 0 saturated carbocycles. The Hall–Kier alpha value is -3.39. The van der Waals surface area contributed by atoms with E-state index in [0.717, 1.165) is 10.6 Å². The Morgan fingerprint density at radius 1 is 1.14 bits per heavy atom. The van der Waals surface area contributed by atoms with Gasteiger partial charge in [0.25, 0.3) is 0 Å². The summed E-state index contributed by atoms with van der Waals surface area (Å²) in [5.41, 5.74) is 2.48. The standard InChI is InChI=1S/C21H19N3O4S/c1-2-19(26)23-16-7-5-14(6-8-16)18(25)12-28-20(27)10-17-13-29-21(24-17)15-4-3-9-22-11-15/h3-9,11,13H,2,10,12H2,1H3,(H,23,26). The fourth-order valence-corrected chi connectivity index (χ4v) is 3.24. The quantitative estimate of drug-likeness (QED) is 0.451. The fraction of sp³-hybridized carbons (Fsp3) is 0.190. The number of rotatable bonds is 8. The first-order chi connectivity index (χ1) is 14.0. The van der Waals surface area contributed by atoms with Gasteiger partial charge in [0, 0.05) is 41.0 Å². The predicted octanol–water partition coefficient (Wildman–Crippen LogP) is 3.52. The Morgan fingerprint density at radius 3 is 2.62 bits per heavy atom. The first-order valence-corrected chi connectivity index (χ1v) is 9.86. The van der Waals surface area contributed by atoms with Crippen LogP contribution in [0.1, 0.15) is 29.4 Å². The second-order valence-electron chi connectivity index (χ2n) is 6.13. The van der Waals surface area contributed by atoms with Crippen molar-refractivity contribution in [2.75, 3.05) is 11.9 Å². The molecular weight excluding hydrogens is 390 g/mol. The third kappa shape index (κ3) is 5.79. The summed E-state index contributed by atoms with van der Waals surface area (Å²) in [5, 5.41) is 5.26. The van der Waals surface area contributed by atoms with E-state index in [1.165, 1.54) is 11.3 Å². The van der Waals surface area contributed by atoms with Crippen LogP contribution < -0.4 is 5.32 Å². The highest BCUT2D eigenvalue weighted by molar-refractivity contribution is 7.13. The van der Waals surface area contributed by atoms with Crippen molar-refractivity contribution < 1.29 is 19.1 Å². The minimum atomic E-state index is -0.520. The molecule has 0 aliphatic carbocycles. The molecule has 2 heterocycles. The van der Waals surface area contributed by atoms with Crippen LogP contribution in [0.2, 0.25) is 0 Å². The van der Waals surface area contributed by atoms with Gasteiger partial charge in [0.05, 0.1) is 12.1 Å². The van der Waals surface area contributed by atoms with Crippen LogP contribution in [0.3, 0.4) is 0 Å². The number of esters is 1. The highest BCUT2D eigenvalue weighted by atomic mass is 32.1. The highest BCUT2D eigenvalue weighted by Crippen LogP contribution is 2.22. The summed E-state index contributed by atoms with van der Waals surface area (Å²) in [6, 6.07) is 10.2. The minimum Gasteiger partial charge on any atom is -0.457 e. The number of carbonyl (C=O) groups is 3. The topological polar surface area (TPSA) is 98.2 Å². The van der Waals surface area contributed by atoms with Crippen molar-refractivity contribution >= 4 is 34.7 Å². The van der Waals surface area contributed by atoms with E-state index in [0.29, 0.717) is 23.4 Å². The molecular formula is C21H19N3O4S. The lowest BCUT2D eigenvalue weighted by molar-refractivity contribution is -0.141. The predicted molar refractivity (Wildman–Crippen MR) is 110 cm³/mol. The van der Waals surface area contributed by atoms with E-state index < -0.39 is 5.97 Å². The number of aromatic nitrogens is 2. The van der Waals surface area contributed by atoms with Crippen LogP contribution in [0.15, 0.2) is 54.2 Å². The van der Waals surface area contributed by atoms with E-state index >= 15 is 0 Å². The molecule has 0 radical (unpaired) electrons. The largest absolute Gasteiger partial charge is 0.457 e. The van der Waals surface area contributed by atoms with Crippen molar-refractivity contribution in [2.45, 2.75) is 19.8 Å². The number of hydrogen-bond donors (Lipinski definition) is 1. The summed E-state index contributed by atoms with van der Waals surface area (Å²) in [6.07, 6.45) is 3.76. The number of amides is 1. The van der Waals surface area contributed by atoms with Crippen molar-refractivity contribution in [3.63, 3.8) is 0 Å². The van der Waals surface area contributed by atoms with Crippen molar-refractivity contribution in [2.24, 2.45) is 0 Å². The molecule has 3 rings (SSSR count). The van der Waals surface area contributed by atoms with Gasteiger partial charge in [-0.3, -0.25) is 19.4 Å². The summed E-state index contributed by atoms with van der Waals surface area (Å²) >= 11 is 1.42. The maximum atomic E-state index is 12.2. The van der Waals surface area contributed by atoms with Gasteiger partial charge in [-0.05, 0) is 36.4 Å². The lowest BCUT2D eigenvalue weighted by Gasteiger charge is -2.06. The molecule has 148 valence electrons. The van der Waals surface area contributed by atoms with E-state index in [-0.39, 0.29) is 24.7 Å². The first kappa shape index (κ1) is 20.3. The van der Waals surface area contributed by atoms with E-state index in [1.807, 2.05) is 12.1 Å². The van der Waals surface area contributed by atoms with E-state index in [1.54, 1.807) is 49.0 Å². The van der Waals surface area contributed by atoms with Crippen LogP contribution in [0.4, 0.5) is 5.69 Å². The van der Waals surface area contributed by atoms with Crippen LogP contribution in [0.5, 0.6) is 0 Å². The van der Waals surface area contributed by atoms with Gasteiger partial charge < -0.3 is 10.1 Å². The molecule has 0 aliphatic rings. The number of carbonyl (C=O) groups excluding carboxylic acids is 3. The van der Waals surface area contributed by atoms with Crippen molar-refractivity contribution in [1.29, 1.82) is 0 Å². The van der Waals surface area contributed by atoms with Crippen LogP contribution in [0.25, 0.3) is 10.6 Å². The van der Waals surface area contributed by atoms with Gasteiger partial charge in [0.1, 0.15) is 5.01 Å². The number of ether oxygens (including phenoxy) is 1. The number of benzene rings is 1. The SMILES string of the molecule is CCC(=O)Nc1ccc(C(=O)COC(=O)Cc2csc(-c3cccnc3)n2)cc1. The molecule has 0 unspecified atom stereocenters. The normalized spacial score (nSPS) is 10.4. The number of hydrogen-bond acceptors (Lipinski definition) is 7. The molecule has 0 saturated heterocycles. The number of Topliss-reactive ketones (excluding diaryl/α,β-unsaturated/α-hetero) is 1. The van der Waals surface area contributed by atoms with Crippen molar-refractivity contribution in [3.05, 3.63) is 65.4 Å². The number of ketones is 1.